The molecule has 0 aromatic heterocycles. The van der Waals surface area contributed by atoms with Crippen molar-refractivity contribution in [1.29, 1.82) is 0 Å². The molecule has 12 heteroatoms. The van der Waals surface area contributed by atoms with Gasteiger partial charge < -0.3 is 14.8 Å². The van der Waals surface area contributed by atoms with E-state index in [0.717, 1.165) is 21.7 Å². The predicted molar refractivity (Wildman–Crippen MR) is 144 cm³/mol. The Labute approximate surface area is 217 Å². The number of carbonyl (C=O) groups is 1. The summed E-state index contributed by atoms with van der Waals surface area (Å²) in [6.07, 6.45) is 0.979. The minimum Gasteiger partial charge on any atom is -0.497 e. The molecule has 0 saturated heterocycles. The molecule has 3 aromatic rings. The maximum atomic E-state index is 12.8. The molecule has 3 aromatic carbocycles. The second-order valence-corrected chi connectivity index (χ2v) is 11.9. The molecule has 0 heterocycles. The van der Waals surface area contributed by atoms with Crippen LogP contribution in [0.5, 0.6) is 11.5 Å². The molecule has 0 spiro atoms. The van der Waals surface area contributed by atoms with Crippen LogP contribution in [0.4, 0.5) is 17.1 Å². The van der Waals surface area contributed by atoms with Gasteiger partial charge in [-0.2, -0.15) is 0 Å². The van der Waals surface area contributed by atoms with Gasteiger partial charge in [-0.3, -0.25) is 13.8 Å². The zero-order valence-electron chi connectivity index (χ0n) is 21.1. The largest absolute Gasteiger partial charge is 0.497 e. The molecule has 0 unspecified atom stereocenters. The van der Waals surface area contributed by atoms with Crippen LogP contribution in [0, 0.1) is 13.8 Å². The Morgan fingerprint density at radius 3 is 2.14 bits per heavy atom. The highest BCUT2D eigenvalue weighted by atomic mass is 32.2. The molecule has 3 rings (SSSR count). The van der Waals surface area contributed by atoms with Crippen LogP contribution in [-0.4, -0.2) is 49.8 Å². The van der Waals surface area contributed by atoms with Crippen molar-refractivity contribution in [1.82, 2.24) is 0 Å². The van der Waals surface area contributed by atoms with Gasteiger partial charge in [0.05, 0.1) is 36.7 Å². The van der Waals surface area contributed by atoms with E-state index in [1.165, 1.54) is 50.6 Å². The molecule has 37 heavy (non-hydrogen) atoms. The van der Waals surface area contributed by atoms with Gasteiger partial charge in [0.2, 0.25) is 15.9 Å². The second-order valence-electron chi connectivity index (χ2n) is 8.30. The van der Waals surface area contributed by atoms with E-state index in [0.29, 0.717) is 17.1 Å². The fourth-order valence-electron chi connectivity index (χ4n) is 3.55. The number of carbonyl (C=O) groups excluding carboxylic acids is 1. The van der Waals surface area contributed by atoms with Gasteiger partial charge in [0, 0.05) is 11.8 Å². The number of aryl methyl sites for hydroxylation is 2. The zero-order chi connectivity index (χ0) is 27.4. The molecule has 1 amide bonds. The molecule has 0 aliphatic heterocycles. The zero-order valence-corrected chi connectivity index (χ0v) is 22.7. The molecule has 0 atom stereocenters. The Balaban J connectivity index is 1.76. The maximum Gasteiger partial charge on any atom is 0.261 e. The third-order valence-corrected chi connectivity index (χ3v) is 7.93. The summed E-state index contributed by atoms with van der Waals surface area (Å²) in [5.41, 5.74) is 2.74. The lowest BCUT2D eigenvalue weighted by Crippen LogP contribution is -2.37. The Morgan fingerprint density at radius 2 is 1.57 bits per heavy atom. The minimum atomic E-state index is -3.86. The summed E-state index contributed by atoms with van der Waals surface area (Å²) in [7, 11) is -4.87. The fraction of sp³-hybridized carbons (Fsp3) is 0.240. The van der Waals surface area contributed by atoms with E-state index < -0.39 is 32.5 Å². The van der Waals surface area contributed by atoms with E-state index in [9.17, 15) is 21.6 Å². The van der Waals surface area contributed by atoms with Crippen molar-refractivity contribution in [2.24, 2.45) is 0 Å². The first-order chi connectivity index (χ1) is 17.3. The minimum absolute atomic E-state index is 0.00575. The summed E-state index contributed by atoms with van der Waals surface area (Å²) in [4.78, 5) is 12.7. The van der Waals surface area contributed by atoms with Gasteiger partial charge in [0.15, 0.2) is 0 Å². The number of amides is 1. The summed E-state index contributed by atoms with van der Waals surface area (Å²) in [6.45, 7) is 3.20. The quantitative estimate of drug-likeness (QED) is 0.397. The van der Waals surface area contributed by atoms with Gasteiger partial charge in [-0.25, -0.2) is 16.8 Å². The van der Waals surface area contributed by atoms with Crippen LogP contribution in [0.3, 0.4) is 0 Å². The molecule has 0 aliphatic rings. The lowest BCUT2D eigenvalue weighted by atomic mass is 10.1. The number of benzene rings is 3. The maximum absolute atomic E-state index is 12.8. The Morgan fingerprint density at radius 1 is 0.892 bits per heavy atom. The van der Waals surface area contributed by atoms with Crippen LogP contribution in [0.15, 0.2) is 65.6 Å². The highest BCUT2D eigenvalue weighted by molar-refractivity contribution is 7.92. The van der Waals surface area contributed by atoms with E-state index in [1.807, 2.05) is 26.0 Å². The molecule has 0 fully saturated rings. The summed E-state index contributed by atoms with van der Waals surface area (Å²) in [5, 5.41) is 2.59. The molecule has 0 bridgehead atoms. The first-order valence-electron chi connectivity index (χ1n) is 11.0. The highest BCUT2D eigenvalue weighted by Crippen LogP contribution is 2.33. The van der Waals surface area contributed by atoms with Crippen molar-refractivity contribution in [3.63, 3.8) is 0 Å². The van der Waals surface area contributed by atoms with Crippen LogP contribution in [0.25, 0.3) is 0 Å². The first kappa shape index (κ1) is 27.8. The van der Waals surface area contributed by atoms with E-state index in [-0.39, 0.29) is 16.3 Å². The van der Waals surface area contributed by atoms with E-state index in [2.05, 4.69) is 10.0 Å². The average molecular weight is 548 g/mol. The van der Waals surface area contributed by atoms with Crippen molar-refractivity contribution in [2.75, 3.05) is 41.4 Å². The van der Waals surface area contributed by atoms with Crippen molar-refractivity contribution in [2.45, 2.75) is 18.7 Å². The fourth-order valence-corrected chi connectivity index (χ4v) is 5.54. The topological polar surface area (TPSA) is 131 Å². The van der Waals surface area contributed by atoms with Crippen LogP contribution in [-0.2, 0) is 24.8 Å². The van der Waals surface area contributed by atoms with Crippen LogP contribution < -0.4 is 23.8 Å². The predicted octanol–water partition coefficient (Wildman–Crippen LogP) is 3.53. The molecule has 0 saturated carbocycles. The summed E-state index contributed by atoms with van der Waals surface area (Å²) >= 11 is 0. The molecule has 2 N–H and O–H groups in total. The number of methoxy groups -OCH3 is 2. The second kappa shape index (κ2) is 11.1. The van der Waals surface area contributed by atoms with Gasteiger partial charge in [0.25, 0.3) is 10.0 Å². The number of nitrogens with one attached hydrogen (secondary N) is 2. The van der Waals surface area contributed by atoms with E-state index in [1.54, 1.807) is 12.1 Å². The smallest absolute Gasteiger partial charge is 0.261 e. The molecule has 198 valence electrons. The third kappa shape index (κ3) is 6.92. The Kier molecular flexibility index (Phi) is 8.34. The number of hydrogen-bond acceptors (Lipinski definition) is 7. The van der Waals surface area contributed by atoms with Crippen molar-refractivity contribution < 1.29 is 31.1 Å². The third-order valence-electron chi connectivity index (χ3n) is 5.42. The number of hydrogen-bond donors (Lipinski definition) is 2. The van der Waals surface area contributed by atoms with Gasteiger partial charge >= 0.3 is 0 Å². The molecule has 10 nitrogen and oxygen atoms in total. The number of sulfonamides is 2. The summed E-state index contributed by atoms with van der Waals surface area (Å²) < 4.78 is 64.4. The van der Waals surface area contributed by atoms with Crippen LogP contribution >= 0.6 is 0 Å². The standard InChI is InChI=1S/C25H29N3O7S2/c1-17-6-12-22(18(2)14-17)27-37(32,33)21-10-7-19(8-11-21)26-25(29)16-28(36(5,30)31)23-13-9-20(34-3)15-24(23)35-4/h6-15,27H,16H2,1-5H3,(H,26,29). The molecular formula is C25H29N3O7S2. The van der Waals surface area contributed by atoms with Gasteiger partial charge in [-0.1, -0.05) is 17.7 Å². The lowest BCUT2D eigenvalue weighted by Gasteiger charge is -2.24. The summed E-state index contributed by atoms with van der Waals surface area (Å²) in [5.74, 6) is 0.0383. The monoisotopic (exact) mass is 547 g/mol. The molecular weight excluding hydrogens is 518 g/mol. The summed E-state index contributed by atoms with van der Waals surface area (Å²) in [6, 6.07) is 15.5. The number of anilines is 3. The van der Waals surface area contributed by atoms with Gasteiger partial charge in [-0.15, -0.1) is 0 Å². The highest BCUT2D eigenvalue weighted by Gasteiger charge is 2.25. The van der Waals surface area contributed by atoms with Gasteiger partial charge in [-0.05, 0) is 61.9 Å². The van der Waals surface area contributed by atoms with Crippen LogP contribution in [0.2, 0.25) is 0 Å². The first-order valence-corrected chi connectivity index (χ1v) is 14.4. The lowest BCUT2D eigenvalue weighted by molar-refractivity contribution is -0.114. The Hall–Kier alpha value is -3.77. The number of nitrogens with zero attached hydrogens (tertiary/aromatic N) is 1. The van der Waals surface area contributed by atoms with Crippen molar-refractivity contribution in [3.8, 4) is 11.5 Å². The van der Waals surface area contributed by atoms with E-state index >= 15 is 0 Å². The molecule has 0 radical (unpaired) electrons. The van der Waals surface area contributed by atoms with Crippen molar-refractivity contribution >= 4 is 43.0 Å². The van der Waals surface area contributed by atoms with Crippen molar-refractivity contribution in [3.05, 3.63) is 71.8 Å². The van der Waals surface area contributed by atoms with Crippen LogP contribution in [0.1, 0.15) is 11.1 Å². The Bertz CT molecular complexity index is 1500. The SMILES string of the molecule is COc1ccc(N(CC(=O)Nc2ccc(S(=O)(=O)Nc3ccc(C)cc3C)cc2)S(C)(=O)=O)c(OC)c1. The number of ether oxygens (including phenoxy) is 2. The molecule has 0 aliphatic carbocycles. The average Bonchev–Trinajstić information content (AvgIpc) is 2.83. The van der Waals surface area contributed by atoms with Gasteiger partial charge in [0.1, 0.15) is 18.0 Å². The normalized spacial score (nSPS) is 11.5. The number of rotatable bonds is 10. The van der Waals surface area contributed by atoms with E-state index in [4.69, 9.17) is 9.47 Å².